The molecule has 0 aliphatic heterocycles. The summed E-state index contributed by atoms with van der Waals surface area (Å²) < 4.78 is 53.4. The van der Waals surface area contributed by atoms with Gasteiger partial charge in [-0.3, -0.25) is 43.2 Å². The van der Waals surface area contributed by atoms with Crippen LogP contribution in [0.25, 0.3) is 0 Å². The highest BCUT2D eigenvalue weighted by atomic mass is 19.2. The van der Waals surface area contributed by atoms with Crippen LogP contribution in [0.4, 0.5) is 17.6 Å². The molecule has 28 heteroatoms. The minimum atomic E-state index is -2.27. The van der Waals surface area contributed by atoms with Crippen LogP contribution in [-0.2, 0) is 28.8 Å². The maximum absolute atomic E-state index is 13.6. The molecule has 614 valence electrons. The van der Waals surface area contributed by atoms with E-state index in [4.69, 9.17) is 30.6 Å². The molecule has 0 bridgehead atoms. The fourth-order valence-electron chi connectivity index (χ4n) is 11.3. The van der Waals surface area contributed by atoms with E-state index < -0.39 is 82.0 Å². The van der Waals surface area contributed by atoms with Crippen LogP contribution in [0.1, 0.15) is 293 Å². The summed E-state index contributed by atoms with van der Waals surface area (Å²) in [5, 5.41) is 69.2. The van der Waals surface area contributed by atoms with Crippen LogP contribution in [0, 0.1) is 82.4 Å². The molecule has 0 spiro atoms. The zero-order valence-corrected chi connectivity index (χ0v) is 66.0. The summed E-state index contributed by atoms with van der Waals surface area (Å²) in [7, 11) is 0. The van der Waals surface area contributed by atoms with Gasteiger partial charge in [0.05, 0.1) is 34.4 Å². The fraction of sp³-hybridized carbons (Fsp3) is 0.630. The van der Waals surface area contributed by atoms with Crippen molar-refractivity contribution in [3.63, 3.8) is 0 Å². The van der Waals surface area contributed by atoms with Crippen LogP contribution in [0.2, 0.25) is 0 Å². The number of carbonyl (C=O) groups is 12. The predicted octanol–water partition coefficient (Wildman–Crippen LogP) is 14.9. The van der Waals surface area contributed by atoms with Crippen molar-refractivity contribution in [1.82, 2.24) is 31.9 Å². The van der Waals surface area contributed by atoms with E-state index >= 15 is 0 Å². The highest BCUT2D eigenvalue weighted by Gasteiger charge is 2.36. The molecule has 24 nitrogen and oxygen atoms in total. The van der Waals surface area contributed by atoms with E-state index in [2.05, 4.69) is 101 Å². The Morgan fingerprint density at radius 2 is 0.706 bits per heavy atom. The van der Waals surface area contributed by atoms with Gasteiger partial charge >= 0.3 is 35.8 Å². The van der Waals surface area contributed by atoms with E-state index in [0.29, 0.717) is 131 Å². The van der Waals surface area contributed by atoms with Gasteiger partial charge in [0.25, 0.3) is 17.7 Å². The number of rotatable bonds is 38. The van der Waals surface area contributed by atoms with E-state index in [9.17, 15) is 75.1 Å². The summed E-state index contributed by atoms with van der Waals surface area (Å²) in [6.45, 7) is 28.8. The topological polar surface area (TPSA) is 398 Å². The second-order valence-corrected chi connectivity index (χ2v) is 30.0. The van der Waals surface area contributed by atoms with Crippen LogP contribution in [0.15, 0.2) is 48.5 Å². The summed E-state index contributed by atoms with van der Waals surface area (Å²) >= 11 is 0. The van der Waals surface area contributed by atoms with Crippen molar-refractivity contribution in [3.05, 3.63) is 105 Å². The highest BCUT2D eigenvalue weighted by Crippen LogP contribution is 2.31. The van der Waals surface area contributed by atoms with Crippen molar-refractivity contribution >= 4 is 71.3 Å². The van der Waals surface area contributed by atoms with Gasteiger partial charge in [0.1, 0.15) is 5.56 Å². The summed E-state index contributed by atoms with van der Waals surface area (Å²) in [5.41, 5.74) is -1.69. The average Bonchev–Trinajstić information content (AvgIpc) is 0.775. The van der Waals surface area contributed by atoms with Gasteiger partial charge in [-0.15, -0.1) is 0 Å². The van der Waals surface area contributed by atoms with E-state index in [0.717, 1.165) is 90.0 Å². The molecule has 3 aromatic carbocycles. The Hall–Kier alpha value is -8.98. The molecule has 0 saturated heterocycles. The lowest BCUT2D eigenvalue weighted by Crippen LogP contribution is -2.40. The third-order valence-electron chi connectivity index (χ3n) is 17.7. The molecule has 2 unspecified atom stereocenters. The van der Waals surface area contributed by atoms with E-state index in [1.54, 1.807) is 12.1 Å². The molecular weight excluding hydrogens is 1420 g/mol. The molecule has 0 aromatic heterocycles. The number of carbonyl (C=O) groups excluding carboxylic acids is 6. The fourth-order valence-corrected chi connectivity index (χ4v) is 11.3. The molecule has 2 aliphatic carbocycles. The summed E-state index contributed by atoms with van der Waals surface area (Å²) in [5.74, 6) is -14.2. The first-order valence-corrected chi connectivity index (χ1v) is 38.3. The third kappa shape index (κ3) is 44.9. The molecule has 2 fully saturated rings. The van der Waals surface area contributed by atoms with Gasteiger partial charge in [-0.05, 0) is 200 Å². The lowest BCUT2D eigenvalue weighted by Gasteiger charge is -2.27. The summed E-state index contributed by atoms with van der Waals surface area (Å²) in [4.78, 5) is 135. The molecule has 2 atom stereocenters. The lowest BCUT2D eigenvalue weighted by atomic mass is 9.78. The van der Waals surface area contributed by atoms with Gasteiger partial charge < -0.3 is 62.5 Å². The number of benzene rings is 3. The second kappa shape index (κ2) is 56.3. The number of aliphatic carboxylic acids is 3. The van der Waals surface area contributed by atoms with E-state index in [1.807, 2.05) is 13.8 Å². The number of aromatic carboxylic acids is 3. The second-order valence-electron chi connectivity index (χ2n) is 30.0. The van der Waals surface area contributed by atoms with Crippen LogP contribution in [0.3, 0.4) is 0 Å². The van der Waals surface area contributed by atoms with E-state index in [1.165, 1.54) is 36.4 Å². The van der Waals surface area contributed by atoms with Crippen LogP contribution in [0.5, 0.6) is 0 Å². The predicted molar refractivity (Wildman–Crippen MR) is 408 cm³/mol. The molecule has 6 amide bonds. The normalized spacial score (nSPS) is 15.0. The number of hydrogen-bond donors (Lipinski definition) is 12. The Balaban J connectivity index is 0.00000129. The zero-order chi connectivity index (χ0) is 82.9. The minimum Gasteiger partial charge on any atom is -0.481 e. The quantitative estimate of drug-likeness (QED) is 0.0110. The first-order chi connectivity index (χ1) is 51.2. The third-order valence-corrected chi connectivity index (χ3v) is 17.7. The van der Waals surface area contributed by atoms with Crippen LogP contribution < -0.4 is 31.9 Å². The van der Waals surface area contributed by atoms with Crippen molar-refractivity contribution in [2.75, 3.05) is 39.3 Å². The Morgan fingerprint density at radius 1 is 0.349 bits per heavy atom. The number of carboxylic acids is 6. The maximum Gasteiger partial charge on any atom is 0.339 e. The van der Waals surface area contributed by atoms with Crippen molar-refractivity contribution in [1.29, 1.82) is 0 Å². The van der Waals surface area contributed by atoms with Gasteiger partial charge in [-0.25, -0.2) is 31.9 Å². The minimum absolute atomic E-state index is 0.0275. The van der Waals surface area contributed by atoms with Crippen molar-refractivity contribution in [3.8, 4) is 0 Å². The standard InChI is InChI=1S/C14H15F4NO3.C14H19NO3.C14H25NO3.C14H19NO3.C14H25NO3.C11H21NO3/c1-6(2)4-3-5-19-13(20)7-8(14(21)22)10(16)12(18)11(17)9(7)15;1-10(2)5-4-8-15-13(16)11-6-3-7-12(9-11)14(17)18;2*1-10(2)4-3-9-15-13(16)11-5-7-12(8-6-11)14(17)18;1-10(2)6-5-9-15-13(16)11-7-3-4-8-12(11)14(17)18;1-9(2)5-4-8-12-10(13)6-3-7-11(14)15/h6H,3-5H2,1-2H3,(H,19,20)(H,21,22);3,6-7,9-10H,4-5,8H2,1-2H3,(H,15,16)(H,17,18);10-12H,3-9H2,1-2H3,(H,15,16)(H,17,18);5-8,10H,3-4,9H2,1-2H3,(H,15,16)(H,17,18);10-12H,3-9H2,1-2H3,(H,15,16)(H,17,18);9H,3-8H2,1-2H3,(H,12,13)(H,14,15). The molecule has 109 heavy (non-hydrogen) atoms. The lowest BCUT2D eigenvalue weighted by molar-refractivity contribution is -0.149. The van der Waals surface area contributed by atoms with Crippen LogP contribution in [-0.4, -0.2) is 141 Å². The van der Waals surface area contributed by atoms with Crippen LogP contribution >= 0.6 is 0 Å². The Bertz CT molecular complexity index is 3300. The maximum atomic E-state index is 13.6. The Labute approximate surface area is 640 Å². The number of carboxylic acid groups (broad SMARTS) is 6. The monoisotopic (exact) mass is 1540 g/mol. The molecular formula is C81H124F4N6O18. The van der Waals surface area contributed by atoms with Gasteiger partial charge in [-0.1, -0.05) is 102 Å². The molecule has 0 heterocycles. The average molecular weight is 1550 g/mol. The number of nitrogens with one attached hydrogen (secondary N) is 6. The van der Waals surface area contributed by atoms with Gasteiger partial charge in [0, 0.05) is 69.2 Å². The first kappa shape index (κ1) is 100. The molecule has 3 aromatic rings. The SMILES string of the molecule is CC(C)CCCNC(=O)C1CCC(C(=O)O)CC1.CC(C)CCCNC(=O)C1CCCCC1C(=O)O.CC(C)CCCNC(=O)CCCC(=O)O.CC(C)CCCNC(=O)c1c(F)c(F)c(F)c(F)c1C(=O)O.CC(C)CCCNC(=O)c1ccc(C(=O)O)cc1.CC(C)CCCNC(=O)c1cccc(C(=O)O)c1. The molecule has 0 radical (unpaired) electrons. The number of halogens is 4. The summed E-state index contributed by atoms with van der Waals surface area (Å²) in [6, 6.07) is 12.0. The smallest absolute Gasteiger partial charge is 0.339 e. The van der Waals surface area contributed by atoms with Gasteiger partial charge in [0.15, 0.2) is 23.3 Å². The highest BCUT2D eigenvalue weighted by molar-refractivity contribution is 6.05. The number of hydrogen-bond acceptors (Lipinski definition) is 12. The van der Waals surface area contributed by atoms with E-state index in [-0.39, 0.29) is 71.4 Å². The van der Waals surface area contributed by atoms with Crippen molar-refractivity contribution < 1.29 is 106 Å². The zero-order valence-electron chi connectivity index (χ0n) is 66.0. The Morgan fingerprint density at radius 3 is 1.10 bits per heavy atom. The number of amides is 6. The van der Waals surface area contributed by atoms with Crippen molar-refractivity contribution in [2.45, 2.75) is 231 Å². The molecule has 5 rings (SSSR count). The molecule has 12 N–H and O–H groups in total. The Kier molecular flexibility index (Phi) is 51.6. The van der Waals surface area contributed by atoms with Gasteiger partial charge in [0.2, 0.25) is 17.7 Å². The summed E-state index contributed by atoms with van der Waals surface area (Å²) in [6.07, 6.45) is 18.3. The largest absolute Gasteiger partial charge is 0.481 e. The molecule has 2 aliphatic rings. The molecule has 2 saturated carbocycles. The van der Waals surface area contributed by atoms with Crippen molar-refractivity contribution in [2.24, 2.45) is 59.2 Å². The van der Waals surface area contributed by atoms with Gasteiger partial charge in [-0.2, -0.15) is 0 Å². The first-order valence-electron chi connectivity index (χ1n) is 38.3.